The summed E-state index contributed by atoms with van der Waals surface area (Å²) in [6, 6.07) is 1.50. The van der Waals surface area contributed by atoms with Gasteiger partial charge < -0.3 is 4.57 Å². The third kappa shape index (κ3) is 3.95. The summed E-state index contributed by atoms with van der Waals surface area (Å²) >= 11 is 1.47. The molecule has 0 bridgehead atoms. The predicted molar refractivity (Wildman–Crippen MR) is 95.8 cm³/mol. The highest BCUT2D eigenvalue weighted by Crippen LogP contribution is 2.34. The molecule has 2 aromatic rings. The number of hydrogen-bond donors (Lipinski definition) is 1. The number of aryl methyl sites for hydroxylation is 2. The van der Waals surface area contributed by atoms with Gasteiger partial charge in [0.1, 0.15) is 6.54 Å². The Morgan fingerprint density at radius 2 is 2.15 bits per heavy atom. The van der Waals surface area contributed by atoms with E-state index in [2.05, 4.69) is 17.2 Å². The normalized spacial score (nSPS) is 17.2. The van der Waals surface area contributed by atoms with Gasteiger partial charge in [0, 0.05) is 16.3 Å². The molecule has 0 saturated heterocycles. The number of hydrogen-bond acceptors (Lipinski definition) is 3. The third-order valence-corrected chi connectivity index (χ3v) is 6.03. The van der Waals surface area contributed by atoms with Gasteiger partial charge in [-0.05, 0) is 45.1 Å². The standard InChI is InChI=1S/C18H22F3N3OS/c1-4-12-5-6-14-15(8-12)26-17(22-14)23-16(25)13-7-10(2)24(11(13)3)9-18(19,20)21/h7,12H,4-6,8-9H2,1-3H3,(H,22,23,25)/t12-/m0/s1. The Kier molecular flexibility index (Phi) is 5.14. The van der Waals surface area contributed by atoms with Crippen molar-refractivity contribution in [2.75, 3.05) is 5.32 Å². The summed E-state index contributed by atoms with van der Waals surface area (Å²) in [7, 11) is 0. The number of carbonyl (C=O) groups excluding carboxylic acids is 1. The number of alkyl halides is 3. The lowest BCUT2D eigenvalue weighted by Crippen LogP contribution is -2.20. The van der Waals surface area contributed by atoms with Crippen molar-refractivity contribution in [3.63, 3.8) is 0 Å². The SMILES string of the molecule is CC[C@H]1CCc2nc(NC(=O)c3cc(C)n(CC(F)(F)F)c3C)sc2C1. The van der Waals surface area contributed by atoms with Gasteiger partial charge in [-0.15, -0.1) is 11.3 Å². The van der Waals surface area contributed by atoms with E-state index in [9.17, 15) is 18.0 Å². The number of nitrogens with zero attached hydrogens (tertiary/aromatic N) is 2. The number of thiazole rings is 1. The molecule has 0 radical (unpaired) electrons. The van der Waals surface area contributed by atoms with E-state index >= 15 is 0 Å². The van der Waals surface area contributed by atoms with E-state index in [-0.39, 0.29) is 5.56 Å². The topological polar surface area (TPSA) is 46.9 Å². The fourth-order valence-electron chi connectivity index (χ4n) is 3.46. The molecule has 4 nitrogen and oxygen atoms in total. The monoisotopic (exact) mass is 385 g/mol. The molecule has 1 N–H and O–H groups in total. The summed E-state index contributed by atoms with van der Waals surface area (Å²) in [6.07, 6.45) is -0.185. The first-order valence-corrected chi connectivity index (χ1v) is 9.53. The first kappa shape index (κ1) is 18.9. The molecule has 0 spiro atoms. The van der Waals surface area contributed by atoms with Crippen LogP contribution in [0.1, 0.15) is 52.1 Å². The van der Waals surface area contributed by atoms with Crippen molar-refractivity contribution in [1.82, 2.24) is 9.55 Å². The Hall–Kier alpha value is -1.83. The van der Waals surface area contributed by atoms with Crippen LogP contribution in [0, 0.1) is 19.8 Å². The molecule has 8 heteroatoms. The van der Waals surface area contributed by atoms with Crippen molar-refractivity contribution in [3.05, 3.63) is 33.6 Å². The predicted octanol–water partition coefficient (Wildman–Crippen LogP) is 4.89. The summed E-state index contributed by atoms with van der Waals surface area (Å²) in [5.41, 5.74) is 2.02. The largest absolute Gasteiger partial charge is 0.406 e. The quantitative estimate of drug-likeness (QED) is 0.814. The maximum atomic E-state index is 12.7. The molecule has 26 heavy (non-hydrogen) atoms. The van der Waals surface area contributed by atoms with E-state index < -0.39 is 18.6 Å². The van der Waals surface area contributed by atoms with Crippen molar-refractivity contribution in [2.24, 2.45) is 5.92 Å². The van der Waals surface area contributed by atoms with Gasteiger partial charge in [-0.25, -0.2) is 4.98 Å². The van der Waals surface area contributed by atoms with E-state index in [0.717, 1.165) is 35.9 Å². The lowest BCUT2D eigenvalue weighted by Gasteiger charge is -2.18. The highest BCUT2D eigenvalue weighted by Gasteiger charge is 2.30. The summed E-state index contributed by atoms with van der Waals surface area (Å²) in [6.45, 7) is 4.19. The van der Waals surface area contributed by atoms with E-state index in [1.54, 1.807) is 6.92 Å². The highest BCUT2D eigenvalue weighted by atomic mass is 32.1. The average Bonchev–Trinajstić information content (AvgIpc) is 3.07. The second-order valence-corrected chi connectivity index (χ2v) is 7.93. The second kappa shape index (κ2) is 7.06. The molecule has 1 atom stereocenters. The van der Waals surface area contributed by atoms with Crippen LogP contribution in [0.15, 0.2) is 6.07 Å². The van der Waals surface area contributed by atoms with E-state index in [0.29, 0.717) is 22.4 Å². The Balaban J connectivity index is 1.77. The minimum absolute atomic E-state index is 0.256. The number of anilines is 1. The number of carbonyl (C=O) groups is 1. The molecule has 0 aliphatic heterocycles. The van der Waals surface area contributed by atoms with Gasteiger partial charge >= 0.3 is 6.18 Å². The molecule has 1 amide bonds. The Morgan fingerprint density at radius 3 is 2.81 bits per heavy atom. The number of halogens is 3. The average molecular weight is 385 g/mol. The van der Waals surface area contributed by atoms with Gasteiger partial charge in [0.2, 0.25) is 0 Å². The molecular weight excluding hydrogens is 363 g/mol. The van der Waals surface area contributed by atoms with Gasteiger partial charge in [-0.2, -0.15) is 13.2 Å². The van der Waals surface area contributed by atoms with Crippen LogP contribution in [-0.4, -0.2) is 21.6 Å². The maximum Gasteiger partial charge on any atom is 0.406 e. The molecule has 0 saturated carbocycles. The lowest BCUT2D eigenvalue weighted by atomic mass is 9.89. The molecular formula is C18H22F3N3OS. The Labute approximate surface area is 154 Å². The molecule has 2 heterocycles. The van der Waals surface area contributed by atoms with Crippen molar-refractivity contribution in [1.29, 1.82) is 0 Å². The van der Waals surface area contributed by atoms with Crippen LogP contribution in [0.5, 0.6) is 0 Å². The van der Waals surface area contributed by atoms with Crippen molar-refractivity contribution < 1.29 is 18.0 Å². The molecule has 0 unspecified atom stereocenters. The lowest BCUT2D eigenvalue weighted by molar-refractivity contribution is -0.141. The van der Waals surface area contributed by atoms with Crippen LogP contribution >= 0.6 is 11.3 Å². The zero-order valence-electron chi connectivity index (χ0n) is 15.0. The molecule has 3 rings (SSSR count). The summed E-state index contributed by atoms with van der Waals surface area (Å²) in [4.78, 5) is 18.3. The minimum Gasteiger partial charge on any atom is -0.339 e. The zero-order valence-corrected chi connectivity index (χ0v) is 15.9. The number of amides is 1. The minimum atomic E-state index is -4.33. The molecule has 1 aliphatic rings. The summed E-state index contributed by atoms with van der Waals surface area (Å²) in [5, 5.41) is 3.29. The molecule has 0 fully saturated rings. The van der Waals surface area contributed by atoms with Gasteiger partial charge in [0.05, 0.1) is 11.3 Å². The Bertz CT molecular complexity index is 822. The number of rotatable bonds is 4. The van der Waals surface area contributed by atoms with Crippen LogP contribution in [-0.2, 0) is 19.4 Å². The highest BCUT2D eigenvalue weighted by molar-refractivity contribution is 7.15. The first-order chi connectivity index (χ1) is 12.2. The van der Waals surface area contributed by atoms with Crippen LogP contribution in [0.2, 0.25) is 0 Å². The van der Waals surface area contributed by atoms with E-state index in [1.807, 2.05) is 0 Å². The summed E-state index contributed by atoms with van der Waals surface area (Å²) in [5.74, 6) is 0.248. The number of nitrogens with one attached hydrogen (secondary N) is 1. The van der Waals surface area contributed by atoms with Gasteiger partial charge in [-0.1, -0.05) is 13.3 Å². The van der Waals surface area contributed by atoms with Gasteiger partial charge in [0.25, 0.3) is 5.91 Å². The van der Waals surface area contributed by atoms with Crippen LogP contribution in [0.4, 0.5) is 18.3 Å². The third-order valence-electron chi connectivity index (χ3n) is 5.00. The van der Waals surface area contributed by atoms with Crippen LogP contribution in [0.25, 0.3) is 0 Å². The molecule has 142 valence electrons. The Morgan fingerprint density at radius 1 is 1.42 bits per heavy atom. The number of fused-ring (bicyclic) bond motifs is 1. The maximum absolute atomic E-state index is 12.7. The molecule has 0 aromatic carbocycles. The first-order valence-electron chi connectivity index (χ1n) is 8.71. The zero-order chi connectivity index (χ0) is 19.1. The molecule has 2 aromatic heterocycles. The van der Waals surface area contributed by atoms with Crippen LogP contribution in [0.3, 0.4) is 0 Å². The van der Waals surface area contributed by atoms with E-state index in [4.69, 9.17) is 0 Å². The fourth-order valence-corrected chi connectivity index (χ4v) is 4.58. The van der Waals surface area contributed by atoms with Gasteiger partial charge in [0.15, 0.2) is 5.13 Å². The van der Waals surface area contributed by atoms with E-state index in [1.165, 1.54) is 29.2 Å². The van der Waals surface area contributed by atoms with Crippen molar-refractivity contribution in [2.45, 2.75) is 59.2 Å². The van der Waals surface area contributed by atoms with Crippen molar-refractivity contribution in [3.8, 4) is 0 Å². The van der Waals surface area contributed by atoms with Gasteiger partial charge in [-0.3, -0.25) is 10.1 Å². The summed E-state index contributed by atoms with van der Waals surface area (Å²) < 4.78 is 39.3. The second-order valence-electron chi connectivity index (χ2n) is 6.85. The molecule has 1 aliphatic carbocycles. The fraction of sp³-hybridized carbons (Fsp3) is 0.556. The van der Waals surface area contributed by atoms with Crippen LogP contribution < -0.4 is 5.32 Å². The number of aromatic nitrogens is 2. The van der Waals surface area contributed by atoms with Crippen molar-refractivity contribution >= 4 is 22.4 Å². The smallest absolute Gasteiger partial charge is 0.339 e.